The summed E-state index contributed by atoms with van der Waals surface area (Å²) in [6.07, 6.45) is 5.85. The number of hydrogen-bond donors (Lipinski definition) is 0. The third-order valence-corrected chi connectivity index (χ3v) is 4.90. The normalized spacial score (nSPS) is 15.1. The monoisotopic (exact) mass is 381 g/mol. The highest BCUT2D eigenvalue weighted by Gasteiger charge is 2.23. The Morgan fingerprint density at radius 3 is 2.46 bits per heavy atom. The zero-order chi connectivity index (χ0) is 19.8. The molecule has 1 aliphatic rings. The molecule has 0 N–H and O–H groups in total. The van der Waals surface area contributed by atoms with Crippen LogP contribution in [0.1, 0.15) is 18.2 Å². The van der Waals surface area contributed by atoms with Gasteiger partial charge in [0.15, 0.2) is 0 Å². The van der Waals surface area contributed by atoms with Crippen LogP contribution < -0.4 is 0 Å². The maximum atomic E-state index is 12.6. The standard InChI is InChI=1S/C22H27N3O3/c1-19(26)25(17-21-10-6-16-28-21)18-22(27)24-14-12-23(13-15-24)11-5-9-20-7-3-2-4-8-20/h2-10,16H,11-15,17-18H2,1H3/b9-5+. The number of hydrogen-bond acceptors (Lipinski definition) is 4. The molecule has 3 rings (SSSR count). The van der Waals surface area contributed by atoms with Gasteiger partial charge in [-0.3, -0.25) is 14.5 Å². The Morgan fingerprint density at radius 2 is 1.82 bits per heavy atom. The van der Waals surface area contributed by atoms with Crippen molar-refractivity contribution in [1.29, 1.82) is 0 Å². The van der Waals surface area contributed by atoms with Gasteiger partial charge in [0.1, 0.15) is 12.3 Å². The Bertz CT molecular complexity index is 779. The zero-order valence-electron chi connectivity index (χ0n) is 16.3. The molecule has 6 nitrogen and oxygen atoms in total. The summed E-state index contributed by atoms with van der Waals surface area (Å²) in [4.78, 5) is 30.2. The summed E-state index contributed by atoms with van der Waals surface area (Å²) in [6.45, 7) is 5.80. The minimum Gasteiger partial charge on any atom is -0.467 e. The minimum atomic E-state index is -0.130. The largest absolute Gasteiger partial charge is 0.467 e. The van der Waals surface area contributed by atoms with E-state index in [0.29, 0.717) is 25.4 Å². The van der Waals surface area contributed by atoms with Gasteiger partial charge in [-0.05, 0) is 17.7 Å². The molecule has 0 saturated carbocycles. The Hall–Kier alpha value is -2.86. The van der Waals surface area contributed by atoms with E-state index in [0.717, 1.165) is 19.6 Å². The minimum absolute atomic E-state index is 0.0127. The number of nitrogens with zero attached hydrogens (tertiary/aromatic N) is 3. The lowest BCUT2D eigenvalue weighted by Crippen LogP contribution is -2.51. The van der Waals surface area contributed by atoms with Crippen molar-refractivity contribution in [2.24, 2.45) is 0 Å². The SMILES string of the molecule is CC(=O)N(CC(=O)N1CCN(C/C=C/c2ccccc2)CC1)Cc1ccco1. The fourth-order valence-electron chi connectivity index (χ4n) is 3.21. The second-order valence-corrected chi connectivity index (χ2v) is 6.95. The molecule has 0 aliphatic carbocycles. The van der Waals surface area contributed by atoms with Crippen molar-refractivity contribution in [3.05, 3.63) is 66.1 Å². The van der Waals surface area contributed by atoms with Gasteiger partial charge in [0.25, 0.3) is 0 Å². The van der Waals surface area contributed by atoms with Gasteiger partial charge < -0.3 is 14.2 Å². The Labute approximate surface area is 166 Å². The summed E-state index contributed by atoms with van der Waals surface area (Å²) in [7, 11) is 0. The van der Waals surface area contributed by atoms with Crippen molar-refractivity contribution >= 4 is 17.9 Å². The Kier molecular flexibility index (Phi) is 7.03. The van der Waals surface area contributed by atoms with Crippen molar-refractivity contribution in [2.45, 2.75) is 13.5 Å². The summed E-state index contributed by atoms with van der Waals surface area (Å²) in [6, 6.07) is 13.8. The van der Waals surface area contributed by atoms with E-state index in [1.54, 1.807) is 12.3 Å². The molecule has 0 unspecified atom stereocenters. The molecule has 28 heavy (non-hydrogen) atoms. The van der Waals surface area contributed by atoms with Gasteiger partial charge >= 0.3 is 0 Å². The van der Waals surface area contributed by atoms with Crippen molar-refractivity contribution in [2.75, 3.05) is 39.3 Å². The molecule has 0 spiro atoms. The summed E-state index contributed by atoms with van der Waals surface area (Å²) in [5, 5.41) is 0. The molecule has 1 aliphatic heterocycles. The van der Waals surface area contributed by atoms with E-state index in [4.69, 9.17) is 4.42 Å². The van der Waals surface area contributed by atoms with Crippen LogP contribution in [-0.2, 0) is 16.1 Å². The van der Waals surface area contributed by atoms with Crippen LogP contribution in [0.15, 0.2) is 59.2 Å². The third-order valence-electron chi connectivity index (χ3n) is 4.90. The van der Waals surface area contributed by atoms with Crippen molar-refractivity contribution in [3.63, 3.8) is 0 Å². The van der Waals surface area contributed by atoms with E-state index in [9.17, 15) is 9.59 Å². The fraction of sp³-hybridized carbons (Fsp3) is 0.364. The highest BCUT2D eigenvalue weighted by Crippen LogP contribution is 2.09. The first-order valence-electron chi connectivity index (χ1n) is 9.61. The lowest BCUT2D eigenvalue weighted by molar-refractivity contribution is -0.141. The first-order chi connectivity index (χ1) is 13.6. The van der Waals surface area contributed by atoms with Crippen LogP contribution in [0, 0.1) is 0 Å². The molecule has 148 valence electrons. The van der Waals surface area contributed by atoms with Crippen LogP contribution in [0.2, 0.25) is 0 Å². The topological polar surface area (TPSA) is 57.0 Å². The number of rotatable bonds is 7. The summed E-state index contributed by atoms with van der Waals surface area (Å²) in [5.41, 5.74) is 1.19. The molecule has 1 fully saturated rings. The van der Waals surface area contributed by atoms with Gasteiger partial charge in [0.2, 0.25) is 11.8 Å². The number of piperazine rings is 1. The van der Waals surface area contributed by atoms with Gasteiger partial charge in [0.05, 0.1) is 12.8 Å². The van der Waals surface area contributed by atoms with Crippen molar-refractivity contribution in [1.82, 2.24) is 14.7 Å². The van der Waals surface area contributed by atoms with Crippen LogP contribution in [0.5, 0.6) is 0 Å². The number of amides is 2. The summed E-state index contributed by atoms with van der Waals surface area (Å²) in [5.74, 6) is 0.536. The van der Waals surface area contributed by atoms with E-state index in [-0.39, 0.29) is 18.4 Å². The second-order valence-electron chi connectivity index (χ2n) is 6.95. The molecule has 0 bridgehead atoms. The van der Waals surface area contributed by atoms with Crippen LogP contribution >= 0.6 is 0 Å². The zero-order valence-corrected chi connectivity index (χ0v) is 16.3. The van der Waals surface area contributed by atoms with Gasteiger partial charge in [-0.1, -0.05) is 42.5 Å². The molecular weight excluding hydrogens is 354 g/mol. The summed E-state index contributed by atoms with van der Waals surface area (Å²) >= 11 is 0. The highest BCUT2D eigenvalue weighted by atomic mass is 16.3. The molecule has 0 atom stereocenters. The fourth-order valence-corrected chi connectivity index (χ4v) is 3.21. The van der Waals surface area contributed by atoms with Crippen LogP contribution in [-0.4, -0.2) is 65.8 Å². The smallest absolute Gasteiger partial charge is 0.242 e. The average molecular weight is 381 g/mol. The van der Waals surface area contributed by atoms with E-state index in [1.165, 1.54) is 17.4 Å². The maximum absolute atomic E-state index is 12.6. The molecule has 2 aromatic rings. The van der Waals surface area contributed by atoms with E-state index >= 15 is 0 Å². The first kappa shape index (κ1) is 19.9. The molecule has 1 aromatic heterocycles. The molecule has 6 heteroatoms. The molecule has 0 radical (unpaired) electrons. The lowest BCUT2D eigenvalue weighted by Gasteiger charge is -2.35. The van der Waals surface area contributed by atoms with Crippen molar-refractivity contribution < 1.29 is 14.0 Å². The quantitative estimate of drug-likeness (QED) is 0.739. The number of furan rings is 1. The average Bonchev–Trinajstić information content (AvgIpc) is 3.22. The predicted octanol–water partition coefficient (Wildman–Crippen LogP) is 2.49. The third kappa shape index (κ3) is 5.82. The Morgan fingerprint density at radius 1 is 1.07 bits per heavy atom. The number of benzene rings is 1. The van der Waals surface area contributed by atoms with Crippen LogP contribution in [0.3, 0.4) is 0 Å². The first-order valence-corrected chi connectivity index (χ1v) is 9.61. The van der Waals surface area contributed by atoms with Crippen molar-refractivity contribution in [3.8, 4) is 0 Å². The Balaban J connectivity index is 1.43. The molecule has 1 saturated heterocycles. The molecule has 1 aromatic carbocycles. The van der Waals surface area contributed by atoms with Gasteiger partial charge in [-0.2, -0.15) is 0 Å². The molecular formula is C22H27N3O3. The number of carbonyl (C=O) groups is 2. The predicted molar refractivity (Wildman–Crippen MR) is 108 cm³/mol. The van der Waals surface area contributed by atoms with Gasteiger partial charge in [0, 0.05) is 39.6 Å². The van der Waals surface area contributed by atoms with Gasteiger partial charge in [-0.15, -0.1) is 0 Å². The van der Waals surface area contributed by atoms with Crippen LogP contribution in [0.25, 0.3) is 6.08 Å². The lowest BCUT2D eigenvalue weighted by atomic mass is 10.2. The molecule has 2 amide bonds. The summed E-state index contributed by atoms with van der Waals surface area (Å²) < 4.78 is 5.29. The van der Waals surface area contributed by atoms with E-state index in [2.05, 4.69) is 29.2 Å². The number of carbonyl (C=O) groups excluding carboxylic acids is 2. The van der Waals surface area contributed by atoms with Crippen LogP contribution in [0.4, 0.5) is 0 Å². The van der Waals surface area contributed by atoms with E-state index in [1.807, 2.05) is 29.2 Å². The second kappa shape index (κ2) is 9.90. The molecule has 2 heterocycles. The maximum Gasteiger partial charge on any atom is 0.242 e. The highest BCUT2D eigenvalue weighted by molar-refractivity contribution is 5.83. The van der Waals surface area contributed by atoms with E-state index < -0.39 is 0 Å². The van der Waals surface area contributed by atoms with Gasteiger partial charge in [-0.25, -0.2) is 0 Å².